The molecule has 0 atom stereocenters. The molecular weight excluding hydrogens is 295 g/mol. The van der Waals surface area contributed by atoms with Crippen molar-refractivity contribution >= 4 is 11.6 Å². The standard InChI is InChI=1S/C15H20F3N3O/c16-15(17,18)12-3-1-4-13(11-12)20-14(22)5-9-21-8-2-6-19-7-10-21/h1,3-4,11,19H,2,5-10H2,(H,20,22). The molecule has 0 spiro atoms. The molecule has 1 fully saturated rings. The van der Waals surface area contributed by atoms with Crippen molar-refractivity contribution in [1.82, 2.24) is 10.2 Å². The summed E-state index contributed by atoms with van der Waals surface area (Å²) in [5.41, 5.74) is -0.582. The number of hydrogen-bond donors (Lipinski definition) is 2. The first kappa shape index (κ1) is 16.8. The topological polar surface area (TPSA) is 44.4 Å². The van der Waals surface area contributed by atoms with Crippen molar-refractivity contribution in [2.75, 3.05) is 38.0 Å². The van der Waals surface area contributed by atoms with Crippen LogP contribution in [-0.4, -0.2) is 43.5 Å². The van der Waals surface area contributed by atoms with E-state index in [0.29, 0.717) is 6.54 Å². The number of halogens is 3. The molecule has 0 aliphatic carbocycles. The predicted octanol–water partition coefficient (Wildman–Crippen LogP) is 2.33. The Kier molecular flexibility index (Phi) is 5.79. The van der Waals surface area contributed by atoms with Gasteiger partial charge >= 0.3 is 6.18 Å². The number of carbonyl (C=O) groups is 1. The zero-order valence-electron chi connectivity index (χ0n) is 12.2. The lowest BCUT2D eigenvalue weighted by molar-refractivity contribution is -0.137. The summed E-state index contributed by atoms with van der Waals surface area (Å²) in [6, 6.07) is 4.69. The molecule has 1 heterocycles. The first-order valence-corrected chi connectivity index (χ1v) is 7.35. The van der Waals surface area contributed by atoms with Crippen LogP contribution >= 0.6 is 0 Å². The number of anilines is 1. The van der Waals surface area contributed by atoms with Crippen molar-refractivity contribution in [3.63, 3.8) is 0 Å². The maximum Gasteiger partial charge on any atom is 0.416 e. The third-order valence-corrected chi connectivity index (χ3v) is 3.56. The van der Waals surface area contributed by atoms with Crippen LogP contribution < -0.4 is 10.6 Å². The van der Waals surface area contributed by atoms with Gasteiger partial charge in [0.1, 0.15) is 0 Å². The third-order valence-electron chi connectivity index (χ3n) is 3.56. The van der Waals surface area contributed by atoms with Gasteiger partial charge in [0.2, 0.25) is 5.91 Å². The van der Waals surface area contributed by atoms with E-state index in [4.69, 9.17) is 0 Å². The lowest BCUT2D eigenvalue weighted by atomic mass is 10.2. The van der Waals surface area contributed by atoms with E-state index >= 15 is 0 Å². The summed E-state index contributed by atoms with van der Waals surface area (Å²) in [6.07, 6.45) is -3.09. The second kappa shape index (κ2) is 7.60. The van der Waals surface area contributed by atoms with Gasteiger partial charge in [-0.05, 0) is 37.7 Å². The summed E-state index contributed by atoms with van der Waals surface area (Å²) in [5.74, 6) is -0.267. The Hall–Kier alpha value is -1.60. The van der Waals surface area contributed by atoms with Gasteiger partial charge < -0.3 is 15.5 Å². The quantitative estimate of drug-likeness (QED) is 0.896. The van der Waals surface area contributed by atoms with Gasteiger partial charge in [-0.3, -0.25) is 4.79 Å². The van der Waals surface area contributed by atoms with E-state index in [1.54, 1.807) is 0 Å². The van der Waals surface area contributed by atoms with Crippen molar-refractivity contribution in [2.45, 2.75) is 19.0 Å². The molecule has 0 radical (unpaired) electrons. The molecule has 7 heteroatoms. The van der Waals surface area contributed by atoms with E-state index in [1.807, 2.05) is 0 Å². The number of benzene rings is 1. The molecule has 1 saturated heterocycles. The molecule has 2 N–H and O–H groups in total. The molecule has 1 aliphatic heterocycles. The molecule has 2 rings (SSSR count). The highest BCUT2D eigenvalue weighted by Crippen LogP contribution is 2.30. The fourth-order valence-electron chi connectivity index (χ4n) is 2.38. The maximum absolute atomic E-state index is 12.6. The first-order valence-electron chi connectivity index (χ1n) is 7.35. The molecule has 4 nitrogen and oxygen atoms in total. The SMILES string of the molecule is O=C(CCN1CCCNCC1)Nc1cccc(C(F)(F)F)c1. The minimum atomic E-state index is -4.40. The van der Waals surface area contributed by atoms with Gasteiger partial charge in [0.15, 0.2) is 0 Å². The van der Waals surface area contributed by atoms with Crippen molar-refractivity contribution in [3.05, 3.63) is 29.8 Å². The molecule has 0 bridgehead atoms. The predicted molar refractivity (Wildman–Crippen MR) is 78.6 cm³/mol. The van der Waals surface area contributed by atoms with E-state index in [2.05, 4.69) is 15.5 Å². The van der Waals surface area contributed by atoms with Crippen LogP contribution in [0.2, 0.25) is 0 Å². The average Bonchev–Trinajstić information content (AvgIpc) is 2.73. The third kappa shape index (κ3) is 5.31. The lowest BCUT2D eigenvalue weighted by Crippen LogP contribution is -2.31. The Morgan fingerprint density at radius 1 is 1.27 bits per heavy atom. The number of nitrogens with one attached hydrogen (secondary N) is 2. The van der Waals surface area contributed by atoms with Crippen LogP contribution in [0.3, 0.4) is 0 Å². The minimum absolute atomic E-state index is 0.178. The number of alkyl halides is 3. The van der Waals surface area contributed by atoms with Crippen molar-refractivity contribution in [3.8, 4) is 0 Å². The Morgan fingerprint density at radius 3 is 2.86 bits per heavy atom. The van der Waals surface area contributed by atoms with Crippen LogP contribution in [0.15, 0.2) is 24.3 Å². The second-order valence-electron chi connectivity index (χ2n) is 5.32. The molecule has 0 aromatic heterocycles. The zero-order valence-corrected chi connectivity index (χ0v) is 12.2. The zero-order chi connectivity index (χ0) is 16.0. The van der Waals surface area contributed by atoms with Gasteiger partial charge in [0.05, 0.1) is 5.56 Å². The number of carbonyl (C=O) groups excluding carboxylic acids is 1. The highest BCUT2D eigenvalue weighted by atomic mass is 19.4. The molecule has 0 unspecified atom stereocenters. The molecule has 22 heavy (non-hydrogen) atoms. The molecule has 1 aliphatic rings. The van der Waals surface area contributed by atoms with Gasteiger partial charge in [0, 0.05) is 31.7 Å². The van der Waals surface area contributed by atoms with Gasteiger partial charge in [0.25, 0.3) is 0 Å². The first-order chi connectivity index (χ1) is 10.4. The largest absolute Gasteiger partial charge is 0.416 e. The summed E-state index contributed by atoms with van der Waals surface area (Å²) >= 11 is 0. The van der Waals surface area contributed by atoms with Crippen LogP contribution in [0, 0.1) is 0 Å². The highest BCUT2D eigenvalue weighted by molar-refractivity contribution is 5.90. The van der Waals surface area contributed by atoms with Crippen molar-refractivity contribution in [2.24, 2.45) is 0 Å². The molecule has 1 amide bonds. The minimum Gasteiger partial charge on any atom is -0.326 e. The Bertz CT molecular complexity index is 497. The monoisotopic (exact) mass is 315 g/mol. The molecule has 0 saturated carbocycles. The molecule has 1 aromatic carbocycles. The van der Waals surface area contributed by atoms with Crippen LogP contribution in [0.5, 0.6) is 0 Å². The van der Waals surface area contributed by atoms with E-state index in [-0.39, 0.29) is 18.0 Å². The van der Waals surface area contributed by atoms with Gasteiger partial charge in [-0.15, -0.1) is 0 Å². The van der Waals surface area contributed by atoms with Crippen molar-refractivity contribution < 1.29 is 18.0 Å². The Labute approximate surface area is 127 Å². The van der Waals surface area contributed by atoms with Crippen LogP contribution in [0.1, 0.15) is 18.4 Å². The lowest BCUT2D eigenvalue weighted by Gasteiger charge is -2.18. The summed E-state index contributed by atoms with van der Waals surface area (Å²) in [7, 11) is 0. The summed E-state index contributed by atoms with van der Waals surface area (Å²) in [5, 5.41) is 5.80. The second-order valence-corrected chi connectivity index (χ2v) is 5.32. The fraction of sp³-hybridized carbons (Fsp3) is 0.533. The van der Waals surface area contributed by atoms with Crippen LogP contribution in [-0.2, 0) is 11.0 Å². The smallest absolute Gasteiger partial charge is 0.326 e. The average molecular weight is 315 g/mol. The number of amides is 1. The number of rotatable bonds is 4. The molecule has 1 aromatic rings. The van der Waals surface area contributed by atoms with Crippen LogP contribution in [0.4, 0.5) is 18.9 Å². The van der Waals surface area contributed by atoms with E-state index in [1.165, 1.54) is 12.1 Å². The van der Waals surface area contributed by atoms with Crippen LogP contribution in [0.25, 0.3) is 0 Å². The fourth-order valence-corrected chi connectivity index (χ4v) is 2.38. The Morgan fingerprint density at radius 2 is 2.09 bits per heavy atom. The summed E-state index contributed by atoms with van der Waals surface area (Å²) in [4.78, 5) is 14.1. The highest BCUT2D eigenvalue weighted by Gasteiger charge is 2.30. The Balaban J connectivity index is 1.84. The van der Waals surface area contributed by atoms with E-state index < -0.39 is 11.7 Å². The van der Waals surface area contributed by atoms with Gasteiger partial charge in [-0.25, -0.2) is 0 Å². The normalized spacial score (nSPS) is 17.0. The maximum atomic E-state index is 12.6. The van der Waals surface area contributed by atoms with Gasteiger partial charge in [-0.1, -0.05) is 6.07 Å². The van der Waals surface area contributed by atoms with Crippen molar-refractivity contribution in [1.29, 1.82) is 0 Å². The van der Waals surface area contributed by atoms with Gasteiger partial charge in [-0.2, -0.15) is 13.2 Å². The summed E-state index contributed by atoms with van der Waals surface area (Å²) < 4.78 is 37.8. The number of nitrogens with zero attached hydrogens (tertiary/aromatic N) is 1. The molecule has 122 valence electrons. The number of hydrogen-bond acceptors (Lipinski definition) is 3. The summed E-state index contributed by atoms with van der Waals surface area (Å²) in [6.45, 7) is 4.31. The van der Waals surface area contributed by atoms with E-state index in [0.717, 1.165) is 44.7 Å². The molecular formula is C15H20F3N3O. The van der Waals surface area contributed by atoms with E-state index in [9.17, 15) is 18.0 Å².